The van der Waals surface area contributed by atoms with Crippen LogP contribution in [0.5, 0.6) is 0 Å². The summed E-state index contributed by atoms with van der Waals surface area (Å²) in [5, 5.41) is 4.13. The van der Waals surface area contributed by atoms with Gasteiger partial charge in [-0.05, 0) is 32.3 Å². The van der Waals surface area contributed by atoms with E-state index in [4.69, 9.17) is 0 Å². The number of carbonyl (C=O) groups is 1. The smallest absolute Gasteiger partial charge is 0.279 e. The average Bonchev–Trinajstić information content (AvgIpc) is 2.36. The van der Waals surface area contributed by atoms with Gasteiger partial charge in [0.05, 0.1) is 5.69 Å². The fourth-order valence-corrected chi connectivity index (χ4v) is 2.71. The minimum atomic E-state index is -0.292. The van der Waals surface area contributed by atoms with Crippen molar-refractivity contribution in [3.8, 4) is 0 Å². The zero-order chi connectivity index (χ0) is 14.7. The molecule has 1 saturated heterocycles. The third-order valence-electron chi connectivity index (χ3n) is 4.08. The number of hydrogen-bond acceptors (Lipinski definition) is 3. The van der Waals surface area contributed by atoms with Crippen molar-refractivity contribution in [2.24, 2.45) is 7.05 Å². The van der Waals surface area contributed by atoms with Gasteiger partial charge < -0.3 is 4.90 Å². The molecule has 5 heteroatoms. The van der Waals surface area contributed by atoms with E-state index in [-0.39, 0.29) is 11.5 Å². The molecule has 0 atom stereocenters. The minimum Gasteiger partial charge on any atom is -0.338 e. The lowest BCUT2D eigenvalue weighted by Gasteiger charge is -2.25. The molecule has 0 aromatic carbocycles. The van der Waals surface area contributed by atoms with Gasteiger partial charge in [-0.15, -0.1) is 0 Å². The van der Waals surface area contributed by atoms with Crippen LogP contribution in [0.3, 0.4) is 0 Å². The lowest BCUT2D eigenvalue weighted by molar-refractivity contribution is 0.0738. The highest BCUT2D eigenvalue weighted by Crippen LogP contribution is 2.14. The Balaban J connectivity index is 2.35. The number of hydrogen-bond donors (Lipinski definition) is 0. The second-order valence-corrected chi connectivity index (χ2v) is 5.57. The van der Waals surface area contributed by atoms with Gasteiger partial charge in [0.15, 0.2) is 0 Å². The van der Waals surface area contributed by atoms with Gasteiger partial charge in [0.25, 0.3) is 11.5 Å². The third-order valence-corrected chi connectivity index (χ3v) is 4.08. The summed E-state index contributed by atoms with van der Waals surface area (Å²) >= 11 is 0. The standard InChI is InChI=1S/C15H23N3O2/c1-11-12(2)16-17(3)14(19)13(11)15(20)18-9-7-5-4-6-8-10-18/h4-10H2,1-3H3. The molecule has 1 aliphatic heterocycles. The number of aryl methyl sites for hydroxylation is 2. The number of aromatic nitrogens is 2. The molecule has 0 spiro atoms. The first-order valence-electron chi connectivity index (χ1n) is 7.36. The fourth-order valence-electron chi connectivity index (χ4n) is 2.71. The van der Waals surface area contributed by atoms with Crippen LogP contribution in [-0.4, -0.2) is 33.7 Å². The molecule has 110 valence electrons. The Morgan fingerprint density at radius 1 is 1.05 bits per heavy atom. The number of nitrogens with zero attached hydrogens (tertiary/aromatic N) is 3. The second kappa shape index (κ2) is 6.20. The van der Waals surface area contributed by atoms with Crippen molar-refractivity contribution in [3.63, 3.8) is 0 Å². The summed E-state index contributed by atoms with van der Waals surface area (Å²) in [5.74, 6) is -0.129. The number of likely N-dealkylation sites (tertiary alicyclic amines) is 1. The summed E-state index contributed by atoms with van der Waals surface area (Å²) in [6.45, 7) is 5.14. The molecule has 1 aliphatic rings. The normalized spacial score (nSPS) is 16.6. The lowest BCUT2D eigenvalue weighted by Crippen LogP contribution is -2.39. The van der Waals surface area contributed by atoms with Crippen LogP contribution >= 0.6 is 0 Å². The maximum absolute atomic E-state index is 12.7. The highest BCUT2D eigenvalue weighted by atomic mass is 16.2. The summed E-state index contributed by atoms with van der Waals surface area (Å²) in [6.07, 6.45) is 5.62. The van der Waals surface area contributed by atoms with Gasteiger partial charge >= 0.3 is 0 Å². The first-order chi connectivity index (χ1) is 9.52. The van der Waals surface area contributed by atoms with Crippen molar-refractivity contribution in [1.29, 1.82) is 0 Å². The summed E-state index contributed by atoms with van der Waals surface area (Å²) < 4.78 is 1.26. The zero-order valence-corrected chi connectivity index (χ0v) is 12.6. The fraction of sp³-hybridized carbons (Fsp3) is 0.667. The van der Waals surface area contributed by atoms with E-state index >= 15 is 0 Å². The molecule has 0 unspecified atom stereocenters. The zero-order valence-electron chi connectivity index (χ0n) is 12.6. The van der Waals surface area contributed by atoms with Crippen LogP contribution in [0.4, 0.5) is 0 Å². The van der Waals surface area contributed by atoms with Gasteiger partial charge in [-0.25, -0.2) is 4.68 Å². The highest BCUT2D eigenvalue weighted by molar-refractivity contribution is 5.95. The van der Waals surface area contributed by atoms with Gasteiger partial charge in [0, 0.05) is 20.1 Å². The van der Waals surface area contributed by atoms with Gasteiger partial charge in [0.1, 0.15) is 5.56 Å². The van der Waals surface area contributed by atoms with Gasteiger partial charge in [-0.1, -0.05) is 19.3 Å². The Hall–Kier alpha value is -1.65. The molecular weight excluding hydrogens is 254 g/mol. The summed E-state index contributed by atoms with van der Waals surface area (Å²) in [7, 11) is 1.60. The predicted molar refractivity (Wildman–Crippen MR) is 77.9 cm³/mol. The van der Waals surface area contributed by atoms with E-state index < -0.39 is 0 Å². The Morgan fingerprint density at radius 2 is 1.60 bits per heavy atom. The number of carbonyl (C=O) groups excluding carboxylic acids is 1. The van der Waals surface area contributed by atoms with Crippen LogP contribution in [0.1, 0.15) is 53.7 Å². The van der Waals surface area contributed by atoms with E-state index in [1.54, 1.807) is 14.0 Å². The molecule has 5 nitrogen and oxygen atoms in total. The lowest BCUT2D eigenvalue weighted by atomic mass is 10.1. The van der Waals surface area contributed by atoms with E-state index in [9.17, 15) is 9.59 Å². The van der Waals surface area contributed by atoms with Crippen molar-refractivity contribution in [3.05, 3.63) is 27.2 Å². The molecule has 0 N–H and O–H groups in total. The third kappa shape index (κ3) is 2.92. The number of amides is 1. The molecule has 0 bridgehead atoms. The monoisotopic (exact) mass is 277 g/mol. The molecule has 20 heavy (non-hydrogen) atoms. The van der Waals surface area contributed by atoms with E-state index in [0.29, 0.717) is 11.1 Å². The molecule has 0 saturated carbocycles. The Morgan fingerprint density at radius 3 is 2.20 bits per heavy atom. The Kier molecular flexibility index (Phi) is 4.57. The molecule has 1 aromatic rings. The molecule has 2 heterocycles. The maximum atomic E-state index is 12.7. The molecule has 0 radical (unpaired) electrons. The van der Waals surface area contributed by atoms with Crippen LogP contribution in [-0.2, 0) is 7.05 Å². The van der Waals surface area contributed by atoms with Crippen LogP contribution in [0.2, 0.25) is 0 Å². The molecule has 1 amide bonds. The SMILES string of the molecule is Cc1nn(C)c(=O)c(C(=O)N2CCCCCCC2)c1C. The van der Waals surface area contributed by atoms with E-state index in [1.807, 2.05) is 11.8 Å². The van der Waals surface area contributed by atoms with Crippen LogP contribution < -0.4 is 5.56 Å². The quantitative estimate of drug-likeness (QED) is 0.786. The summed E-state index contributed by atoms with van der Waals surface area (Å²) in [6, 6.07) is 0. The van der Waals surface area contributed by atoms with Gasteiger partial charge in [-0.2, -0.15) is 5.10 Å². The molecule has 1 aromatic heterocycles. The molecular formula is C15H23N3O2. The average molecular weight is 277 g/mol. The van der Waals surface area contributed by atoms with Crippen molar-refractivity contribution in [2.45, 2.75) is 46.0 Å². The van der Waals surface area contributed by atoms with Gasteiger partial charge in [0.2, 0.25) is 0 Å². The second-order valence-electron chi connectivity index (χ2n) is 5.57. The summed E-state index contributed by atoms with van der Waals surface area (Å²) in [4.78, 5) is 26.8. The van der Waals surface area contributed by atoms with E-state index in [2.05, 4.69) is 5.10 Å². The highest BCUT2D eigenvalue weighted by Gasteiger charge is 2.23. The Labute approximate surface area is 119 Å². The predicted octanol–water partition coefficient (Wildman–Crippen LogP) is 1.80. The van der Waals surface area contributed by atoms with Crippen molar-refractivity contribution >= 4 is 5.91 Å². The molecule has 2 rings (SSSR count). The van der Waals surface area contributed by atoms with Crippen molar-refractivity contribution < 1.29 is 4.79 Å². The Bertz CT molecular complexity index is 555. The van der Waals surface area contributed by atoms with E-state index in [0.717, 1.165) is 44.5 Å². The topological polar surface area (TPSA) is 55.2 Å². The van der Waals surface area contributed by atoms with Gasteiger partial charge in [-0.3, -0.25) is 9.59 Å². The van der Waals surface area contributed by atoms with Crippen molar-refractivity contribution in [2.75, 3.05) is 13.1 Å². The summed E-state index contributed by atoms with van der Waals surface area (Å²) in [5.41, 5.74) is 1.45. The van der Waals surface area contributed by atoms with Crippen LogP contribution in [0.25, 0.3) is 0 Å². The number of rotatable bonds is 1. The molecule has 1 fully saturated rings. The van der Waals surface area contributed by atoms with Crippen LogP contribution in [0.15, 0.2) is 4.79 Å². The largest absolute Gasteiger partial charge is 0.338 e. The minimum absolute atomic E-state index is 0.129. The first kappa shape index (κ1) is 14.8. The molecule has 0 aliphatic carbocycles. The van der Waals surface area contributed by atoms with E-state index in [1.165, 1.54) is 11.1 Å². The van der Waals surface area contributed by atoms with Crippen molar-refractivity contribution in [1.82, 2.24) is 14.7 Å². The van der Waals surface area contributed by atoms with Crippen LogP contribution in [0, 0.1) is 13.8 Å². The maximum Gasteiger partial charge on any atom is 0.279 e. The first-order valence-corrected chi connectivity index (χ1v) is 7.36.